The summed E-state index contributed by atoms with van der Waals surface area (Å²) in [6.45, 7) is 1.58. The van der Waals surface area contributed by atoms with E-state index in [0.717, 1.165) is 11.8 Å². The standard InChI is InChI=1S/C11H12N2O5S2/c1-7-10(4-9(18-7)11(14)15)20(16,17)13-3-2-8-5-19-6-12-8/h4-6,13H,2-3H2,1H3,(H,14,15). The minimum atomic E-state index is -3.79. The second-order valence-corrected chi connectivity index (χ2v) is 6.42. The molecule has 2 aromatic rings. The average Bonchev–Trinajstić information content (AvgIpc) is 2.98. The molecule has 2 heterocycles. The van der Waals surface area contributed by atoms with Crippen LogP contribution in [0, 0.1) is 6.92 Å². The molecule has 108 valence electrons. The van der Waals surface area contributed by atoms with E-state index < -0.39 is 21.8 Å². The summed E-state index contributed by atoms with van der Waals surface area (Å²) in [5, 5.41) is 10.6. The van der Waals surface area contributed by atoms with E-state index in [1.54, 1.807) is 5.51 Å². The van der Waals surface area contributed by atoms with E-state index in [-0.39, 0.29) is 17.2 Å². The molecular weight excluding hydrogens is 304 g/mol. The Morgan fingerprint density at radius 1 is 1.55 bits per heavy atom. The number of sulfonamides is 1. The summed E-state index contributed by atoms with van der Waals surface area (Å²) >= 11 is 1.43. The fourth-order valence-corrected chi connectivity index (χ4v) is 3.39. The van der Waals surface area contributed by atoms with Crippen LogP contribution in [0.4, 0.5) is 0 Å². The summed E-state index contributed by atoms with van der Waals surface area (Å²) in [7, 11) is -3.79. The molecule has 0 fully saturated rings. The van der Waals surface area contributed by atoms with Crippen LogP contribution >= 0.6 is 11.3 Å². The lowest BCUT2D eigenvalue weighted by atomic mass is 10.3. The Labute approximate surface area is 119 Å². The second-order valence-electron chi connectivity index (χ2n) is 3.96. The number of carboxylic acid groups (broad SMARTS) is 1. The molecule has 0 bridgehead atoms. The number of aromatic nitrogens is 1. The van der Waals surface area contributed by atoms with Crippen molar-refractivity contribution in [3.8, 4) is 0 Å². The minimum Gasteiger partial charge on any atom is -0.475 e. The number of hydrogen-bond acceptors (Lipinski definition) is 6. The summed E-state index contributed by atoms with van der Waals surface area (Å²) in [5.74, 6) is -1.66. The number of hydrogen-bond donors (Lipinski definition) is 2. The lowest BCUT2D eigenvalue weighted by Gasteiger charge is -2.04. The normalized spacial score (nSPS) is 11.7. The van der Waals surface area contributed by atoms with Gasteiger partial charge in [0.25, 0.3) is 0 Å². The van der Waals surface area contributed by atoms with Crippen LogP contribution in [0.3, 0.4) is 0 Å². The van der Waals surface area contributed by atoms with Crippen molar-refractivity contribution in [2.45, 2.75) is 18.2 Å². The highest BCUT2D eigenvalue weighted by Gasteiger charge is 2.23. The monoisotopic (exact) mass is 316 g/mol. The van der Waals surface area contributed by atoms with Gasteiger partial charge < -0.3 is 9.52 Å². The van der Waals surface area contributed by atoms with Crippen LogP contribution in [0.1, 0.15) is 22.0 Å². The number of furan rings is 1. The topological polar surface area (TPSA) is 109 Å². The molecule has 0 unspecified atom stereocenters. The molecule has 0 aliphatic carbocycles. The first kappa shape index (κ1) is 14.7. The van der Waals surface area contributed by atoms with E-state index in [0.29, 0.717) is 6.42 Å². The number of nitrogens with one attached hydrogen (secondary N) is 1. The minimum absolute atomic E-state index is 0.0450. The van der Waals surface area contributed by atoms with Crippen molar-refractivity contribution in [2.75, 3.05) is 6.54 Å². The Morgan fingerprint density at radius 3 is 2.85 bits per heavy atom. The van der Waals surface area contributed by atoms with Crippen LogP contribution in [-0.4, -0.2) is 31.0 Å². The Hall–Kier alpha value is -1.71. The Kier molecular flexibility index (Phi) is 4.21. The van der Waals surface area contributed by atoms with Gasteiger partial charge in [0.15, 0.2) is 0 Å². The predicted octanol–water partition coefficient (Wildman–Crippen LogP) is 1.26. The Balaban J connectivity index is 2.08. The van der Waals surface area contributed by atoms with E-state index in [1.165, 1.54) is 18.3 Å². The van der Waals surface area contributed by atoms with Gasteiger partial charge >= 0.3 is 5.97 Å². The molecular formula is C11H12N2O5S2. The molecule has 20 heavy (non-hydrogen) atoms. The van der Waals surface area contributed by atoms with Gasteiger partial charge in [0.2, 0.25) is 15.8 Å². The zero-order valence-corrected chi connectivity index (χ0v) is 12.1. The molecule has 0 aromatic carbocycles. The van der Waals surface area contributed by atoms with E-state index in [9.17, 15) is 13.2 Å². The zero-order valence-electron chi connectivity index (χ0n) is 10.5. The van der Waals surface area contributed by atoms with Gasteiger partial charge in [-0.3, -0.25) is 0 Å². The molecule has 0 amide bonds. The molecule has 2 rings (SSSR count). The first-order valence-corrected chi connectivity index (χ1v) is 8.03. The molecule has 7 nitrogen and oxygen atoms in total. The second kappa shape index (κ2) is 5.73. The Bertz CT molecular complexity index is 703. The highest BCUT2D eigenvalue weighted by atomic mass is 32.2. The van der Waals surface area contributed by atoms with Gasteiger partial charge in [-0.1, -0.05) is 0 Å². The van der Waals surface area contributed by atoms with Crippen LogP contribution in [0.25, 0.3) is 0 Å². The van der Waals surface area contributed by atoms with Gasteiger partial charge in [-0.05, 0) is 6.92 Å². The fourth-order valence-electron chi connectivity index (χ4n) is 1.59. The smallest absolute Gasteiger partial charge is 0.371 e. The molecule has 0 radical (unpaired) electrons. The van der Waals surface area contributed by atoms with Crippen molar-refractivity contribution in [2.24, 2.45) is 0 Å². The van der Waals surface area contributed by atoms with Crippen molar-refractivity contribution in [1.29, 1.82) is 0 Å². The molecule has 0 aliphatic heterocycles. The van der Waals surface area contributed by atoms with Gasteiger partial charge in [0, 0.05) is 24.4 Å². The molecule has 0 saturated heterocycles. The maximum absolute atomic E-state index is 12.0. The number of nitrogens with zero attached hydrogens (tertiary/aromatic N) is 1. The number of carbonyl (C=O) groups is 1. The molecule has 9 heteroatoms. The summed E-state index contributed by atoms with van der Waals surface area (Å²) in [6, 6.07) is 1.00. The van der Waals surface area contributed by atoms with E-state index >= 15 is 0 Å². The van der Waals surface area contributed by atoms with Crippen LogP contribution in [0.15, 0.2) is 26.3 Å². The molecule has 0 atom stereocenters. The largest absolute Gasteiger partial charge is 0.475 e. The Morgan fingerprint density at radius 2 is 2.30 bits per heavy atom. The van der Waals surface area contributed by atoms with Gasteiger partial charge in [-0.2, -0.15) is 0 Å². The summed E-state index contributed by atoms with van der Waals surface area (Å²) < 4.78 is 31.3. The van der Waals surface area contributed by atoms with Crippen LogP contribution in [-0.2, 0) is 16.4 Å². The number of rotatable bonds is 6. The van der Waals surface area contributed by atoms with Crippen LogP contribution < -0.4 is 4.72 Å². The molecule has 2 aromatic heterocycles. The van der Waals surface area contributed by atoms with Gasteiger partial charge in [-0.25, -0.2) is 22.9 Å². The van der Waals surface area contributed by atoms with E-state index in [4.69, 9.17) is 9.52 Å². The van der Waals surface area contributed by atoms with Crippen LogP contribution in [0.5, 0.6) is 0 Å². The SMILES string of the molecule is Cc1oc(C(=O)O)cc1S(=O)(=O)NCCc1cscn1. The van der Waals surface area contributed by atoms with Crippen molar-refractivity contribution in [3.05, 3.63) is 34.2 Å². The number of aromatic carboxylic acids is 1. The molecule has 0 spiro atoms. The van der Waals surface area contributed by atoms with Crippen molar-refractivity contribution >= 4 is 27.3 Å². The number of aryl methyl sites for hydroxylation is 1. The van der Waals surface area contributed by atoms with Crippen LogP contribution in [0.2, 0.25) is 0 Å². The van der Waals surface area contributed by atoms with Crippen molar-refractivity contribution in [1.82, 2.24) is 9.71 Å². The molecule has 0 aliphatic rings. The van der Waals surface area contributed by atoms with Gasteiger partial charge in [0.05, 0.1) is 11.2 Å². The zero-order chi connectivity index (χ0) is 14.8. The lowest BCUT2D eigenvalue weighted by Crippen LogP contribution is -2.26. The predicted molar refractivity (Wildman–Crippen MR) is 71.4 cm³/mol. The average molecular weight is 316 g/mol. The quantitative estimate of drug-likeness (QED) is 0.830. The molecule has 2 N–H and O–H groups in total. The van der Waals surface area contributed by atoms with Crippen molar-refractivity contribution in [3.63, 3.8) is 0 Å². The third-order valence-electron chi connectivity index (χ3n) is 2.53. The third-order valence-corrected chi connectivity index (χ3v) is 4.73. The first-order valence-electron chi connectivity index (χ1n) is 5.60. The van der Waals surface area contributed by atoms with Gasteiger partial charge in [-0.15, -0.1) is 11.3 Å². The first-order chi connectivity index (χ1) is 9.40. The highest BCUT2D eigenvalue weighted by molar-refractivity contribution is 7.89. The van der Waals surface area contributed by atoms with E-state index in [1.807, 2.05) is 5.38 Å². The highest BCUT2D eigenvalue weighted by Crippen LogP contribution is 2.19. The maximum atomic E-state index is 12.0. The maximum Gasteiger partial charge on any atom is 0.371 e. The summed E-state index contributed by atoms with van der Waals surface area (Å²) in [5.41, 5.74) is 2.47. The van der Waals surface area contributed by atoms with Crippen molar-refractivity contribution < 1.29 is 22.7 Å². The van der Waals surface area contributed by atoms with Gasteiger partial charge in [0.1, 0.15) is 10.7 Å². The fraction of sp³-hybridized carbons (Fsp3) is 0.273. The lowest BCUT2D eigenvalue weighted by molar-refractivity contribution is 0.0661. The van der Waals surface area contributed by atoms with E-state index in [2.05, 4.69) is 9.71 Å². The summed E-state index contributed by atoms with van der Waals surface area (Å²) in [6.07, 6.45) is 0.464. The number of carboxylic acids is 1. The summed E-state index contributed by atoms with van der Waals surface area (Å²) in [4.78, 5) is 14.6. The third kappa shape index (κ3) is 3.24. The molecule has 0 saturated carbocycles. The number of thiazole rings is 1.